The minimum atomic E-state index is -0.956. The fourth-order valence-corrected chi connectivity index (χ4v) is 3.11. The second-order valence-corrected chi connectivity index (χ2v) is 6.23. The van der Waals surface area contributed by atoms with Crippen molar-refractivity contribution in [3.05, 3.63) is 47.4 Å². The molecule has 3 heterocycles. The maximum Gasteiger partial charge on any atom is 0.335 e. The van der Waals surface area contributed by atoms with Gasteiger partial charge in [-0.25, -0.2) is 9.78 Å². The molecule has 1 saturated heterocycles. The molecule has 4 rings (SSSR count). The summed E-state index contributed by atoms with van der Waals surface area (Å²) < 4.78 is 5.39. The van der Waals surface area contributed by atoms with Gasteiger partial charge in [-0.05, 0) is 35.4 Å². The van der Waals surface area contributed by atoms with Crippen LogP contribution in [0, 0.1) is 0 Å². The van der Waals surface area contributed by atoms with Crippen LogP contribution >= 0.6 is 11.6 Å². The van der Waals surface area contributed by atoms with Crippen LogP contribution in [0.4, 0.5) is 5.82 Å². The summed E-state index contributed by atoms with van der Waals surface area (Å²) in [7, 11) is 0. The number of pyridine rings is 1. The van der Waals surface area contributed by atoms with Crippen LogP contribution in [0.1, 0.15) is 10.4 Å². The summed E-state index contributed by atoms with van der Waals surface area (Å²) in [6.45, 7) is 2.72. The van der Waals surface area contributed by atoms with Gasteiger partial charge in [0.1, 0.15) is 5.52 Å². The minimum Gasteiger partial charge on any atom is -0.478 e. The highest BCUT2D eigenvalue weighted by Gasteiger charge is 2.18. The molecule has 1 N–H and O–H groups in total. The Balaban J connectivity index is 1.76. The molecule has 26 heavy (non-hydrogen) atoms. The Bertz CT molecular complexity index is 972. The first-order valence-corrected chi connectivity index (χ1v) is 8.49. The van der Waals surface area contributed by atoms with Crippen LogP contribution in [0.3, 0.4) is 0 Å². The molecule has 0 unspecified atom stereocenters. The molecule has 2 aromatic heterocycles. The number of halogens is 1. The highest BCUT2D eigenvalue weighted by atomic mass is 35.5. The third-order valence-electron chi connectivity index (χ3n) is 4.27. The lowest BCUT2D eigenvalue weighted by molar-refractivity contribution is 0.0697. The highest BCUT2D eigenvalue weighted by molar-refractivity contribution is 6.28. The number of carbonyl (C=O) groups is 1. The van der Waals surface area contributed by atoms with Crippen molar-refractivity contribution in [1.29, 1.82) is 0 Å². The summed E-state index contributed by atoms with van der Waals surface area (Å²) in [5.41, 5.74) is 3.25. The molecule has 0 radical (unpaired) electrons. The van der Waals surface area contributed by atoms with Crippen molar-refractivity contribution >= 4 is 34.4 Å². The largest absolute Gasteiger partial charge is 0.478 e. The average Bonchev–Trinajstić information content (AvgIpc) is 2.67. The fourth-order valence-electron chi connectivity index (χ4n) is 2.93. The summed E-state index contributed by atoms with van der Waals surface area (Å²) in [4.78, 5) is 26.3. The van der Waals surface area contributed by atoms with E-state index in [1.807, 2.05) is 6.07 Å². The number of hydrogen-bond acceptors (Lipinski definition) is 6. The molecule has 1 aliphatic rings. The number of aromatic nitrogens is 3. The molecule has 0 aliphatic carbocycles. The van der Waals surface area contributed by atoms with Gasteiger partial charge in [0.2, 0.25) is 5.28 Å². The monoisotopic (exact) mass is 370 g/mol. The molecule has 0 bridgehead atoms. The van der Waals surface area contributed by atoms with Crippen molar-refractivity contribution in [1.82, 2.24) is 15.0 Å². The Morgan fingerprint density at radius 1 is 1.12 bits per heavy atom. The number of hydrogen-bond donors (Lipinski definition) is 1. The Labute approximate surface area is 154 Å². The number of carboxylic acid groups (broad SMARTS) is 1. The van der Waals surface area contributed by atoms with Crippen LogP contribution in [0.15, 0.2) is 36.5 Å². The van der Waals surface area contributed by atoms with E-state index in [1.54, 1.807) is 30.5 Å². The van der Waals surface area contributed by atoms with Crippen LogP contribution in [0.25, 0.3) is 22.2 Å². The Morgan fingerprint density at radius 2 is 1.85 bits per heavy atom. The smallest absolute Gasteiger partial charge is 0.335 e. The number of rotatable bonds is 3. The quantitative estimate of drug-likeness (QED) is 0.709. The van der Waals surface area contributed by atoms with Gasteiger partial charge in [0.15, 0.2) is 5.82 Å². The summed E-state index contributed by atoms with van der Waals surface area (Å²) >= 11 is 6.12. The molecule has 0 atom stereocenters. The molecule has 0 spiro atoms. The van der Waals surface area contributed by atoms with Gasteiger partial charge in [0.25, 0.3) is 0 Å². The lowest BCUT2D eigenvalue weighted by Crippen LogP contribution is -2.37. The van der Waals surface area contributed by atoms with E-state index in [9.17, 15) is 4.79 Å². The van der Waals surface area contributed by atoms with Crippen molar-refractivity contribution in [3.63, 3.8) is 0 Å². The fraction of sp³-hybridized carbons (Fsp3) is 0.222. The highest BCUT2D eigenvalue weighted by Crippen LogP contribution is 2.28. The van der Waals surface area contributed by atoms with Crippen LogP contribution in [0.5, 0.6) is 0 Å². The normalized spacial score (nSPS) is 14.6. The molecule has 8 heteroatoms. The first-order chi connectivity index (χ1) is 12.6. The number of anilines is 1. The second kappa shape index (κ2) is 6.86. The number of benzene rings is 1. The van der Waals surface area contributed by atoms with Crippen molar-refractivity contribution < 1.29 is 14.6 Å². The standard InChI is InChI=1S/C18H15ClN4O3/c19-18-21-14-9-13(11-1-3-12(4-2-11)17(24)25)10-20-15(14)16(22-18)23-5-7-26-8-6-23/h1-4,9-10H,5-8H2,(H,24,25). The van der Waals surface area contributed by atoms with Crippen LogP contribution in [-0.4, -0.2) is 52.3 Å². The van der Waals surface area contributed by atoms with E-state index in [0.717, 1.165) is 24.2 Å². The first-order valence-electron chi connectivity index (χ1n) is 8.11. The molecular formula is C18H15ClN4O3. The predicted octanol–water partition coefficient (Wildman–Crippen LogP) is 2.88. The van der Waals surface area contributed by atoms with Gasteiger partial charge >= 0.3 is 5.97 Å². The van der Waals surface area contributed by atoms with Crippen molar-refractivity contribution in [2.75, 3.05) is 31.2 Å². The summed E-state index contributed by atoms with van der Waals surface area (Å²) in [6.07, 6.45) is 1.74. The molecule has 1 fully saturated rings. The topological polar surface area (TPSA) is 88.4 Å². The van der Waals surface area contributed by atoms with Gasteiger partial charge in [-0.15, -0.1) is 0 Å². The number of fused-ring (bicyclic) bond motifs is 1. The van der Waals surface area contributed by atoms with Crippen molar-refractivity contribution in [2.45, 2.75) is 0 Å². The van der Waals surface area contributed by atoms with Gasteiger partial charge in [0.05, 0.1) is 24.3 Å². The first kappa shape index (κ1) is 16.7. The molecular weight excluding hydrogens is 356 g/mol. The van der Waals surface area contributed by atoms with E-state index in [0.29, 0.717) is 30.1 Å². The Kier molecular flexibility index (Phi) is 4.40. The summed E-state index contributed by atoms with van der Waals surface area (Å²) in [5, 5.41) is 9.18. The van der Waals surface area contributed by atoms with Crippen LogP contribution in [0.2, 0.25) is 5.28 Å². The lowest BCUT2D eigenvalue weighted by Gasteiger charge is -2.28. The molecule has 7 nitrogen and oxygen atoms in total. The Morgan fingerprint density at radius 3 is 2.54 bits per heavy atom. The van der Waals surface area contributed by atoms with E-state index in [-0.39, 0.29) is 10.8 Å². The van der Waals surface area contributed by atoms with E-state index in [1.165, 1.54) is 0 Å². The molecule has 0 amide bonds. The van der Waals surface area contributed by atoms with Crippen molar-refractivity contribution in [2.24, 2.45) is 0 Å². The zero-order chi connectivity index (χ0) is 18.1. The number of ether oxygens (including phenoxy) is 1. The SMILES string of the molecule is O=C(O)c1ccc(-c2cnc3c(N4CCOCC4)nc(Cl)nc3c2)cc1. The summed E-state index contributed by atoms with van der Waals surface area (Å²) in [6, 6.07) is 8.51. The number of morpholine rings is 1. The number of aromatic carboxylic acids is 1. The zero-order valence-electron chi connectivity index (χ0n) is 13.7. The van der Waals surface area contributed by atoms with E-state index in [2.05, 4.69) is 19.9 Å². The molecule has 1 aliphatic heterocycles. The van der Waals surface area contributed by atoms with E-state index >= 15 is 0 Å². The van der Waals surface area contributed by atoms with E-state index in [4.69, 9.17) is 21.4 Å². The molecule has 3 aromatic rings. The van der Waals surface area contributed by atoms with Gasteiger partial charge in [-0.1, -0.05) is 12.1 Å². The second-order valence-electron chi connectivity index (χ2n) is 5.89. The summed E-state index contributed by atoms with van der Waals surface area (Å²) in [5.74, 6) is -0.251. The Hall–Kier alpha value is -2.77. The average molecular weight is 371 g/mol. The van der Waals surface area contributed by atoms with Gasteiger partial charge in [0, 0.05) is 24.8 Å². The minimum absolute atomic E-state index is 0.166. The van der Waals surface area contributed by atoms with Gasteiger partial charge in [-0.2, -0.15) is 4.98 Å². The number of nitrogens with zero attached hydrogens (tertiary/aromatic N) is 4. The maximum atomic E-state index is 11.0. The zero-order valence-corrected chi connectivity index (χ0v) is 14.5. The van der Waals surface area contributed by atoms with Gasteiger partial charge < -0.3 is 14.7 Å². The van der Waals surface area contributed by atoms with Crippen molar-refractivity contribution in [3.8, 4) is 11.1 Å². The van der Waals surface area contributed by atoms with Crippen LogP contribution in [-0.2, 0) is 4.74 Å². The lowest BCUT2D eigenvalue weighted by atomic mass is 10.1. The third kappa shape index (κ3) is 3.18. The molecule has 132 valence electrons. The van der Waals surface area contributed by atoms with Gasteiger partial charge in [-0.3, -0.25) is 4.98 Å². The third-order valence-corrected chi connectivity index (χ3v) is 4.44. The molecule has 1 aromatic carbocycles. The molecule has 0 saturated carbocycles. The van der Waals surface area contributed by atoms with E-state index < -0.39 is 5.97 Å². The van der Waals surface area contributed by atoms with Crippen LogP contribution < -0.4 is 4.90 Å². The predicted molar refractivity (Wildman–Crippen MR) is 97.8 cm³/mol. The maximum absolute atomic E-state index is 11.0. The number of carboxylic acids is 1.